The van der Waals surface area contributed by atoms with E-state index in [1.165, 1.54) is 35.7 Å². The van der Waals surface area contributed by atoms with Gasteiger partial charge in [-0.15, -0.1) is 0 Å². The third-order valence-electron chi connectivity index (χ3n) is 5.40. The number of fused-ring (bicyclic) bond motifs is 1. The number of benzene rings is 2. The first-order valence-electron chi connectivity index (χ1n) is 9.78. The molecular weight excluding hydrogens is 411 g/mol. The van der Waals surface area contributed by atoms with Crippen LogP contribution in [0.25, 0.3) is 0 Å². The Labute approximate surface area is 175 Å². The molecule has 2 aromatic rings. The molecule has 30 heavy (non-hydrogen) atoms. The van der Waals surface area contributed by atoms with Crippen LogP contribution in [-0.2, 0) is 21.2 Å². The Kier molecular flexibility index (Phi) is 5.77. The van der Waals surface area contributed by atoms with Crippen molar-refractivity contribution >= 4 is 21.6 Å². The molecule has 0 atom stereocenters. The number of anilines is 1. The van der Waals surface area contributed by atoms with Crippen LogP contribution in [0.3, 0.4) is 0 Å². The lowest BCUT2D eigenvalue weighted by Crippen LogP contribution is -2.41. The predicted molar refractivity (Wildman–Crippen MR) is 109 cm³/mol. The molecule has 0 aliphatic carbocycles. The van der Waals surface area contributed by atoms with Gasteiger partial charge in [0.15, 0.2) is 0 Å². The molecule has 2 heterocycles. The van der Waals surface area contributed by atoms with Gasteiger partial charge in [0.2, 0.25) is 10.0 Å². The van der Waals surface area contributed by atoms with Crippen LogP contribution >= 0.6 is 0 Å². The van der Waals surface area contributed by atoms with Crippen molar-refractivity contribution < 1.29 is 27.1 Å². The lowest BCUT2D eigenvalue weighted by Gasteiger charge is -2.30. The van der Waals surface area contributed by atoms with Crippen LogP contribution in [-0.4, -0.2) is 58.6 Å². The highest BCUT2D eigenvalue weighted by Gasteiger charge is 2.31. The second-order valence-corrected chi connectivity index (χ2v) is 9.12. The van der Waals surface area contributed by atoms with E-state index in [0.717, 1.165) is 5.56 Å². The molecule has 0 bridgehead atoms. The lowest BCUT2D eigenvalue weighted by atomic mass is 10.0. The fourth-order valence-electron chi connectivity index (χ4n) is 3.87. The quantitative estimate of drug-likeness (QED) is 0.739. The Morgan fingerprint density at radius 1 is 1.10 bits per heavy atom. The summed E-state index contributed by atoms with van der Waals surface area (Å²) in [7, 11) is -2.46. The largest absolute Gasteiger partial charge is 0.495 e. The summed E-state index contributed by atoms with van der Waals surface area (Å²) in [5.74, 6) is -0.491. The van der Waals surface area contributed by atoms with E-state index < -0.39 is 10.0 Å². The topological polar surface area (TPSA) is 76.2 Å². The Balaban J connectivity index is 1.71. The third-order valence-corrected chi connectivity index (χ3v) is 7.32. The molecule has 160 valence electrons. The van der Waals surface area contributed by atoms with E-state index in [2.05, 4.69) is 0 Å². The minimum absolute atomic E-state index is 0.0471. The summed E-state index contributed by atoms with van der Waals surface area (Å²) < 4.78 is 51.8. The Hall–Kier alpha value is -2.49. The molecule has 0 unspecified atom stereocenters. The average molecular weight is 434 g/mol. The van der Waals surface area contributed by atoms with Crippen LogP contribution in [0.5, 0.6) is 5.75 Å². The summed E-state index contributed by atoms with van der Waals surface area (Å²) in [6.45, 7) is 1.61. The summed E-state index contributed by atoms with van der Waals surface area (Å²) in [6.07, 6.45) is 1.40. The highest BCUT2D eigenvalue weighted by molar-refractivity contribution is 7.89. The average Bonchev–Trinajstić information content (AvgIpc) is 2.78. The highest BCUT2D eigenvalue weighted by atomic mass is 32.2. The minimum Gasteiger partial charge on any atom is -0.495 e. The SMILES string of the molecule is COc1ccc(C(=O)N2CCCc3cc(F)ccc32)cc1S(=O)(=O)N1CCOCC1. The fraction of sp³-hybridized carbons (Fsp3) is 0.381. The summed E-state index contributed by atoms with van der Waals surface area (Å²) in [6, 6.07) is 8.78. The number of ether oxygens (including phenoxy) is 2. The second kappa shape index (κ2) is 8.33. The number of hydrogen-bond acceptors (Lipinski definition) is 5. The van der Waals surface area contributed by atoms with E-state index in [1.54, 1.807) is 17.0 Å². The normalized spacial score (nSPS) is 17.5. The number of carbonyl (C=O) groups is 1. The monoisotopic (exact) mass is 434 g/mol. The predicted octanol–water partition coefficient (Wildman–Crippen LogP) is 2.45. The van der Waals surface area contributed by atoms with E-state index in [-0.39, 0.29) is 41.0 Å². The number of morpholine rings is 1. The number of methoxy groups -OCH3 is 1. The molecule has 4 rings (SSSR count). The molecule has 0 N–H and O–H groups in total. The zero-order valence-electron chi connectivity index (χ0n) is 16.6. The maximum absolute atomic E-state index is 13.6. The maximum Gasteiger partial charge on any atom is 0.258 e. The van der Waals surface area contributed by atoms with Crippen LogP contribution in [0.4, 0.5) is 10.1 Å². The van der Waals surface area contributed by atoms with Gasteiger partial charge in [0, 0.05) is 30.9 Å². The van der Waals surface area contributed by atoms with Crippen molar-refractivity contribution in [3.05, 3.63) is 53.3 Å². The zero-order chi connectivity index (χ0) is 21.3. The lowest BCUT2D eigenvalue weighted by molar-refractivity contribution is 0.0729. The van der Waals surface area contributed by atoms with Crippen molar-refractivity contribution in [2.45, 2.75) is 17.7 Å². The van der Waals surface area contributed by atoms with Crippen molar-refractivity contribution in [1.29, 1.82) is 0 Å². The molecule has 2 aliphatic rings. The van der Waals surface area contributed by atoms with Gasteiger partial charge in [0.1, 0.15) is 16.5 Å². The second-order valence-electron chi connectivity index (χ2n) is 7.22. The number of halogens is 1. The molecule has 0 spiro atoms. The number of amides is 1. The first-order valence-corrected chi connectivity index (χ1v) is 11.2. The minimum atomic E-state index is -3.85. The van der Waals surface area contributed by atoms with Crippen molar-refractivity contribution in [3.63, 3.8) is 0 Å². The van der Waals surface area contributed by atoms with Crippen LogP contribution in [0.2, 0.25) is 0 Å². The van der Waals surface area contributed by atoms with E-state index >= 15 is 0 Å². The number of rotatable bonds is 4. The van der Waals surface area contributed by atoms with Crippen molar-refractivity contribution in [1.82, 2.24) is 4.31 Å². The number of sulfonamides is 1. The number of aryl methyl sites for hydroxylation is 1. The van der Waals surface area contributed by atoms with E-state index in [9.17, 15) is 17.6 Å². The standard InChI is InChI=1S/C21H23FN2O5S/c1-28-19-7-4-16(14-20(19)30(26,27)23-9-11-29-12-10-23)21(25)24-8-2-3-15-13-17(22)5-6-18(15)24/h4-7,13-14H,2-3,8-12H2,1H3. The van der Waals surface area contributed by atoms with Gasteiger partial charge in [0.25, 0.3) is 5.91 Å². The van der Waals surface area contributed by atoms with Crippen molar-refractivity contribution in [3.8, 4) is 5.75 Å². The van der Waals surface area contributed by atoms with E-state index in [0.29, 0.717) is 38.3 Å². The van der Waals surface area contributed by atoms with Gasteiger partial charge in [0.05, 0.1) is 20.3 Å². The molecule has 7 nitrogen and oxygen atoms in total. The Bertz CT molecular complexity index is 1070. The molecule has 2 aliphatic heterocycles. The Morgan fingerprint density at radius 3 is 2.60 bits per heavy atom. The summed E-state index contributed by atoms with van der Waals surface area (Å²) >= 11 is 0. The molecule has 0 saturated carbocycles. The van der Waals surface area contributed by atoms with Gasteiger partial charge in [-0.05, 0) is 54.8 Å². The van der Waals surface area contributed by atoms with Crippen LogP contribution < -0.4 is 9.64 Å². The molecule has 2 aromatic carbocycles. The van der Waals surface area contributed by atoms with Gasteiger partial charge in [-0.1, -0.05) is 0 Å². The molecule has 1 amide bonds. The number of hydrogen-bond donors (Lipinski definition) is 0. The maximum atomic E-state index is 13.6. The molecular formula is C21H23FN2O5S. The van der Waals surface area contributed by atoms with Gasteiger partial charge in [-0.25, -0.2) is 12.8 Å². The van der Waals surface area contributed by atoms with Gasteiger partial charge in [-0.3, -0.25) is 4.79 Å². The van der Waals surface area contributed by atoms with Gasteiger partial charge < -0.3 is 14.4 Å². The smallest absolute Gasteiger partial charge is 0.258 e. The van der Waals surface area contributed by atoms with E-state index in [1.807, 2.05) is 0 Å². The van der Waals surface area contributed by atoms with Crippen LogP contribution in [0, 0.1) is 5.82 Å². The first-order chi connectivity index (χ1) is 14.4. The number of nitrogens with zero attached hydrogens (tertiary/aromatic N) is 2. The molecule has 9 heteroatoms. The molecule has 0 aromatic heterocycles. The van der Waals surface area contributed by atoms with Crippen molar-refractivity contribution in [2.24, 2.45) is 0 Å². The highest BCUT2D eigenvalue weighted by Crippen LogP contribution is 2.32. The van der Waals surface area contributed by atoms with Crippen molar-refractivity contribution in [2.75, 3.05) is 44.9 Å². The van der Waals surface area contributed by atoms with E-state index in [4.69, 9.17) is 9.47 Å². The fourth-order valence-corrected chi connectivity index (χ4v) is 5.46. The summed E-state index contributed by atoms with van der Waals surface area (Å²) in [4.78, 5) is 14.8. The van der Waals surface area contributed by atoms with Crippen LogP contribution in [0.1, 0.15) is 22.3 Å². The van der Waals surface area contributed by atoms with Gasteiger partial charge >= 0.3 is 0 Å². The van der Waals surface area contributed by atoms with Gasteiger partial charge in [-0.2, -0.15) is 4.31 Å². The summed E-state index contributed by atoms with van der Waals surface area (Å²) in [5.41, 5.74) is 1.66. The third kappa shape index (κ3) is 3.80. The zero-order valence-corrected chi connectivity index (χ0v) is 17.5. The molecule has 1 saturated heterocycles. The Morgan fingerprint density at radius 2 is 1.87 bits per heavy atom. The van der Waals surface area contributed by atoms with Crippen LogP contribution in [0.15, 0.2) is 41.3 Å². The first kappa shape index (κ1) is 20.8. The molecule has 1 fully saturated rings. The molecule has 0 radical (unpaired) electrons. The number of carbonyl (C=O) groups excluding carboxylic acids is 1. The summed E-state index contributed by atoms with van der Waals surface area (Å²) in [5, 5.41) is 0.